The van der Waals surface area contributed by atoms with E-state index < -0.39 is 0 Å². The van der Waals surface area contributed by atoms with Gasteiger partial charge in [0.2, 0.25) is 11.8 Å². The second-order valence-electron chi connectivity index (χ2n) is 4.88. The Labute approximate surface area is 145 Å². The van der Waals surface area contributed by atoms with Crippen molar-refractivity contribution in [3.05, 3.63) is 34.7 Å². The minimum atomic E-state index is 0. The van der Waals surface area contributed by atoms with Crippen LogP contribution >= 0.6 is 23.7 Å². The highest BCUT2D eigenvalue weighted by Crippen LogP contribution is 2.17. The average molecular weight is 355 g/mol. The van der Waals surface area contributed by atoms with E-state index in [1.807, 2.05) is 29.3 Å². The van der Waals surface area contributed by atoms with Crippen LogP contribution in [0.3, 0.4) is 0 Å². The van der Waals surface area contributed by atoms with Crippen molar-refractivity contribution in [3.63, 3.8) is 0 Å². The van der Waals surface area contributed by atoms with Gasteiger partial charge < -0.3 is 14.5 Å². The Morgan fingerprint density at radius 2 is 2.09 bits per heavy atom. The lowest BCUT2D eigenvalue weighted by atomic mass is 10.3. The molecule has 0 spiro atoms. The van der Waals surface area contributed by atoms with Crippen LogP contribution in [-0.2, 0) is 0 Å². The topological polar surface area (TPSA) is 58.6 Å². The van der Waals surface area contributed by atoms with Crippen molar-refractivity contribution in [2.45, 2.75) is 6.92 Å². The zero-order chi connectivity index (χ0) is 15.4. The van der Waals surface area contributed by atoms with Gasteiger partial charge >= 0.3 is 0 Å². The number of thiophene rings is 1. The lowest BCUT2D eigenvalue weighted by molar-refractivity contribution is 0.0751. The van der Waals surface area contributed by atoms with Gasteiger partial charge in [0.25, 0.3) is 5.91 Å². The fourth-order valence-corrected chi connectivity index (χ4v) is 3.07. The Balaban J connectivity index is 0.00000192. The van der Waals surface area contributed by atoms with Gasteiger partial charge in [-0.3, -0.25) is 4.79 Å². The van der Waals surface area contributed by atoms with Crippen molar-refractivity contribution >= 4 is 35.6 Å². The van der Waals surface area contributed by atoms with Crippen LogP contribution in [0.2, 0.25) is 0 Å². The van der Waals surface area contributed by atoms with E-state index in [9.17, 15) is 4.79 Å². The van der Waals surface area contributed by atoms with Crippen LogP contribution in [-0.4, -0.2) is 53.6 Å². The minimum absolute atomic E-state index is 0. The number of aromatic nitrogens is 2. The number of carbonyl (C=O) groups is 1. The third-order valence-corrected chi connectivity index (χ3v) is 4.35. The zero-order valence-corrected chi connectivity index (χ0v) is 14.5. The molecular formula is C15H19ClN4O2S. The molecule has 1 saturated heterocycles. The van der Waals surface area contributed by atoms with Crippen LogP contribution in [0.4, 0.5) is 5.95 Å². The van der Waals surface area contributed by atoms with Crippen LogP contribution in [0.1, 0.15) is 16.6 Å². The summed E-state index contributed by atoms with van der Waals surface area (Å²) in [6.07, 6.45) is 1.70. The van der Waals surface area contributed by atoms with Gasteiger partial charge in [-0.1, -0.05) is 6.07 Å². The molecule has 1 fully saturated rings. The summed E-state index contributed by atoms with van der Waals surface area (Å²) in [4.78, 5) is 25.8. The van der Waals surface area contributed by atoms with Crippen LogP contribution in [0.5, 0.6) is 5.88 Å². The first-order valence-corrected chi connectivity index (χ1v) is 8.19. The predicted molar refractivity (Wildman–Crippen MR) is 92.9 cm³/mol. The monoisotopic (exact) mass is 354 g/mol. The van der Waals surface area contributed by atoms with E-state index in [-0.39, 0.29) is 18.3 Å². The molecule has 3 rings (SSSR count). The first kappa shape index (κ1) is 17.5. The molecule has 0 aromatic carbocycles. The summed E-state index contributed by atoms with van der Waals surface area (Å²) >= 11 is 1.48. The molecule has 0 bridgehead atoms. The number of hydrogen-bond acceptors (Lipinski definition) is 6. The van der Waals surface area contributed by atoms with Crippen molar-refractivity contribution < 1.29 is 9.53 Å². The first-order valence-electron chi connectivity index (χ1n) is 7.31. The Kier molecular flexibility index (Phi) is 6.18. The highest BCUT2D eigenvalue weighted by molar-refractivity contribution is 7.12. The maximum absolute atomic E-state index is 12.3. The lowest BCUT2D eigenvalue weighted by Gasteiger charge is -2.34. The summed E-state index contributed by atoms with van der Waals surface area (Å²) in [5, 5.41) is 1.93. The van der Waals surface area contributed by atoms with E-state index in [0.717, 1.165) is 18.0 Å². The summed E-state index contributed by atoms with van der Waals surface area (Å²) in [5.41, 5.74) is 0. The third kappa shape index (κ3) is 4.11. The minimum Gasteiger partial charge on any atom is -0.478 e. The van der Waals surface area contributed by atoms with Gasteiger partial charge in [-0.25, -0.2) is 4.98 Å². The SMILES string of the molecule is CCOc1ccnc(N2CCN(C(=O)c3cccs3)CC2)n1.Cl. The molecule has 1 amide bonds. The van der Waals surface area contributed by atoms with Crippen LogP contribution in [0.25, 0.3) is 0 Å². The van der Waals surface area contributed by atoms with E-state index in [1.165, 1.54) is 11.3 Å². The highest BCUT2D eigenvalue weighted by Gasteiger charge is 2.24. The van der Waals surface area contributed by atoms with Crippen molar-refractivity contribution in [3.8, 4) is 5.88 Å². The molecular weight excluding hydrogens is 336 g/mol. The molecule has 0 radical (unpaired) electrons. The summed E-state index contributed by atoms with van der Waals surface area (Å²) in [7, 11) is 0. The van der Waals surface area contributed by atoms with Gasteiger partial charge in [0, 0.05) is 38.4 Å². The Hall–Kier alpha value is -1.86. The first-order chi connectivity index (χ1) is 10.8. The summed E-state index contributed by atoms with van der Waals surface area (Å²) in [6.45, 7) is 5.33. The predicted octanol–water partition coefficient (Wildman–Crippen LogP) is 2.32. The molecule has 23 heavy (non-hydrogen) atoms. The quantitative estimate of drug-likeness (QED) is 0.843. The summed E-state index contributed by atoms with van der Waals surface area (Å²) in [6, 6.07) is 5.53. The van der Waals surface area contributed by atoms with Crippen molar-refractivity contribution in [1.29, 1.82) is 0 Å². The summed E-state index contributed by atoms with van der Waals surface area (Å²) in [5.74, 6) is 1.36. The molecule has 1 aliphatic heterocycles. The molecule has 124 valence electrons. The van der Waals surface area contributed by atoms with Crippen LogP contribution in [0, 0.1) is 0 Å². The number of carbonyl (C=O) groups excluding carboxylic acids is 1. The van der Waals surface area contributed by atoms with Gasteiger partial charge in [0.05, 0.1) is 11.5 Å². The molecule has 2 aromatic rings. The number of rotatable bonds is 4. The molecule has 8 heteroatoms. The molecule has 6 nitrogen and oxygen atoms in total. The van der Waals surface area contributed by atoms with Gasteiger partial charge in [0.15, 0.2) is 0 Å². The van der Waals surface area contributed by atoms with E-state index >= 15 is 0 Å². The number of nitrogens with zero attached hydrogens (tertiary/aromatic N) is 4. The van der Waals surface area contributed by atoms with Crippen LogP contribution in [0.15, 0.2) is 29.8 Å². The molecule has 0 N–H and O–H groups in total. The third-order valence-electron chi connectivity index (χ3n) is 3.49. The molecule has 3 heterocycles. The highest BCUT2D eigenvalue weighted by atomic mass is 35.5. The lowest BCUT2D eigenvalue weighted by Crippen LogP contribution is -2.49. The van der Waals surface area contributed by atoms with Crippen molar-refractivity contribution in [2.24, 2.45) is 0 Å². The normalized spacial score (nSPS) is 14.3. The number of amides is 1. The number of halogens is 1. The number of anilines is 1. The molecule has 0 unspecified atom stereocenters. The number of hydrogen-bond donors (Lipinski definition) is 0. The van der Waals surface area contributed by atoms with Gasteiger partial charge in [-0.05, 0) is 18.4 Å². The van der Waals surface area contributed by atoms with E-state index in [1.54, 1.807) is 12.3 Å². The fourth-order valence-electron chi connectivity index (χ4n) is 2.38. The van der Waals surface area contributed by atoms with E-state index in [4.69, 9.17) is 4.74 Å². The van der Waals surface area contributed by atoms with Gasteiger partial charge in [-0.2, -0.15) is 4.98 Å². The largest absolute Gasteiger partial charge is 0.478 e. The maximum atomic E-state index is 12.3. The smallest absolute Gasteiger partial charge is 0.264 e. The average Bonchev–Trinajstić information content (AvgIpc) is 3.09. The maximum Gasteiger partial charge on any atom is 0.264 e. The molecule has 1 aliphatic rings. The Morgan fingerprint density at radius 1 is 1.30 bits per heavy atom. The summed E-state index contributed by atoms with van der Waals surface area (Å²) < 4.78 is 5.40. The van der Waals surface area contributed by atoms with Gasteiger partial charge in [-0.15, -0.1) is 23.7 Å². The second-order valence-corrected chi connectivity index (χ2v) is 5.83. The van der Waals surface area contributed by atoms with Crippen molar-refractivity contribution in [1.82, 2.24) is 14.9 Å². The fraction of sp³-hybridized carbons (Fsp3) is 0.400. The van der Waals surface area contributed by atoms with E-state index in [0.29, 0.717) is 31.5 Å². The molecule has 0 atom stereocenters. The molecule has 2 aromatic heterocycles. The number of ether oxygens (including phenoxy) is 1. The van der Waals surface area contributed by atoms with Crippen molar-refractivity contribution in [2.75, 3.05) is 37.7 Å². The Morgan fingerprint density at radius 3 is 2.74 bits per heavy atom. The van der Waals surface area contributed by atoms with Gasteiger partial charge in [0.1, 0.15) is 0 Å². The molecule has 0 aliphatic carbocycles. The molecule has 0 saturated carbocycles. The zero-order valence-electron chi connectivity index (χ0n) is 12.8. The van der Waals surface area contributed by atoms with E-state index in [2.05, 4.69) is 14.9 Å². The second kappa shape index (κ2) is 8.12. The Bertz CT molecular complexity index is 630. The van der Waals surface area contributed by atoms with Crippen LogP contribution < -0.4 is 9.64 Å². The standard InChI is InChI=1S/C15H18N4O2S.ClH/c1-2-21-13-5-6-16-15(17-13)19-9-7-18(8-10-19)14(20)12-4-3-11-22-12;/h3-6,11H,2,7-10H2,1H3;1H. The number of piperazine rings is 1.